The molecule has 2 heterocycles. The fourth-order valence-corrected chi connectivity index (χ4v) is 3.85. The van der Waals surface area contributed by atoms with E-state index in [1.165, 1.54) is 16.8 Å². The van der Waals surface area contributed by atoms with E-state index in [1.807, 2.05) is 71.4 Å². The SMILES string of the molecule is Fc1ccc(-n2ncc(C(c3ccccc3)n3ccnc3)c2-c2ccccc2)c(F)c1. The molecule has 0 saturated carbocycles. The van der Waals surface area contributed by atoms with Crippen molar-refractivity contribution in [3.63, 3.8) is 0 Å². The van der Waals surface area contributed by atoms with Gasteiger partial charge in [0.15, 0.2) is 5.82 Å². The molecule has 152 valence electrons. The Bertz CT molecular complexity index is 1300. The van der Waals surface area contributed by atoms with Gasteiger partial charge in [-0.25, -0.2) is 18.4 Å². The lowest BCUT2D eigenvalue weighted by Gasteiger charge is -2.20. The van der Waals surface area contributed by atoms with Crippen LogP contribution < -0.4 is 0 Å². The number of imidazole rings is 1. The summed E-state index contributed by atoms with van der Waals surface area (Å²) in [6.07, 6.45) is 7.11. The smallest absolute Gasteiger partial charge is 0.151 e. The normalized spacial score (nSPS) is 12.1. The number of halogens is 2. The third-order valence-electron chi connectivity index (χ3n) is 5.22. The summed E-state index contributed by atoms with van der Waals surface area (Å²) < 4.78 is 31.8. The highest BCUT2D eigenvalue weighted by Gasteiger charge is 2.25. The van der Waals surface area contributed by atoms with Crippen LogP contribution in [0.5, 0.6) is 0 Å². The van der Waals surface area contributed by atoms with Gasteiger partial charge in [0.05, 0.1) is 24.3 Å². The van der Waals surface area contributed by atoms with Crippen LogP contribution in [0.15, 0.2) is 104 Å². The minimum absolute atomic E-state index is 0.184. The van der Waals surface area contributed by atoms with Crippen LogP contribution in [-0.4, -0.2) is 19.3 Å². The van der Waals surface area contributed by atoms with E-state index in [-0.39, 0.29) is 11.7 Å². The van der Waals surface area contributed by atoms with Gasteiger partial charge in [0, 0.05) is 29.6 Å². The maximum Gasteiger partial charge on any atom is 0.151 e. The van der Waals surface area contributed by atoms with Crippen molar-refractivity contribution in [3.8, 4) is 16.9 Å². The molecule has 1 atom stereocenters. The van der Waals surface area contributed by atoms with E-state index in [9.17, 15) is 8.78 Å². The summed E-state index contributed by atoms with van der Waals surface area (Å²) in [5.41, 5.74) is 3.70. The molecule has 3 aromatic carbocycles. The van der Waals surface area contributed by atoms with Crippen molar-refractivity contribution < 1.29 is 8.78 Å². The fourth-order valence-electron chi connectivity index (χ4n) is 3.85. The molecule has 0 saturated heterocycles. The average molecular weight is 412 g/mol. The summed E-state index contributed by atoms with van der Waals surface area (Å²) in [6.45, 7) is 0. The number of benzene rings is 3. The first-order chi connectivity index (χ1) is 15.2. The summed E-state index contributed by atoms with van der Waals surface area (Å²) >= 11 is 0. The predicted molar refractivity (Wildman–Crippen MR) is 115 cm³/mol. The molecule has 4 nitrogen and oxygen atoms in total. The van der Waals surface area contributed by atoms with Gasteiger partial charge in [-0.3, -0.25) is 0 Å². The summed E-state index contributed by atoms with van der Waals surface area (Å²) in [7, 11) is 0. The fraction of sp³-hybridized carbons (Fsp3) is 0.0400. The summed E-state index contributed by atoms with van der Waals surface area (Å²) in [4.78, 5) is 4.22. The number of rotatable bonds is 5. The topological polar surface area (TPSA) is 35.6 Å². The molecule has 0 spiro atoms. The molecular formula is C25H18F2N4. The average Bonchev–Trinajstić information content (AvgIpc) is 3.47. The molecule has 31 heavy (non-hydrogen) atoms. The van der Waals surface area contributed by atoms with E-state index >= 15 is 0 Å². The first-order valence-electron chi connectivity index (χ1n) is 9.83. The first-order valence-corrected chi connectivity index (χ1v) is 9.83. The van der Waals surface area contributed by atoms with Crippen LogP contribution in [0.4, 0.5) is 8.78 Å². The molecule has 0 N–H and O–H groups in total. The maximum absolute atomic E-state index is 14.7. The van der Waals surface area contributed by atoms with E-state index in [2.05, 4.69) is 10.1 Å². The summed E-state index contributed by atoms with van der Waals surface area (Å²) in [5, 5.41) is 4.53. The van der Waals surface area contributed by atoms with Gasteiger partial charge in [-0.1, -0.05) is 60.7 Å². The molecule has 1 unspecified atom stereocenters. The monoisotopic (exact) mass is 412 g/mol. The molecule has 2 aromatic heterocycles. The van der Waals surface area contributed by atoms with E-state index in [1.54, 1.807) is 18.7 Å². The van der Waals surface area contributed by atoms with Crippen LogP contribution in [0.1, 0.15) is 17.2 Å². The van der Waals surface area contributed by atoms with Gasteiger partial charge < -0.3 is 4.57 Å². The molecule has 0 bridgehead atoms. The molecular weight excluding hydrogens is 394 g/mol. The van der Waals surface area contributed by atoms with Crippen molar-refractivity contribution in [2.24, 2.45) is 0 Å². The maximum atomic E-state index is 14.7. The zero-order valence-corrected chi connectivity index (χ0v) is 16.4. The Hall–Kier alpha value is -4.06. The zero-order valence-electron chi connectivity index (χ0n) is 16.4. The lowest BCUT2D eigenvalue weighted by atomic mass is 9.96. The van der Waals surface area contributed by atoms with Crippen molar-refractivity contribution in [2.45, 2.75) is 6.04 Å². The van der Waals surface area contributed by atoms with Crippen LogP contribution in [0, 0.1) is 11.6 Å². The van der Waals surface area contributed by atoms with Crippen LogP contribution in [0.25, 0.3) is 16.9 Å². The Labute approximate surface area is 178 Å². The van der Waals surface area contributed by atoms with Gasteiger partial charge >= 0.3 is 0 Å². The summed E-state index contributed by atoms with van der Waals surface area (Å²) in [5.74, 6) is -1.30. The van der Waals surface area contributed by atoms with Crippen molar-refractivity contribution in [1.82, 2.24) is 19.3 Å². The second-order valence-electron chi connectivity index (χ2n) is 7.15. The van der Waals surface area contributed by atoms with Crippen LogP contribution in [-0.2, 0) is 0 Å². The second kappa shape index (κ2) is 7.99. The predicted octanol–water partition coefficient (Wildman–Crippen LogP) is 5.65. The molecule has 0 aliphatic heterocycles. The molecule has 5 rings (SSSR count). The second-order valence-corrected chi connectivity index (χ2v) is 7.15. The van der Waals surface area contributed by atoms with Crippen molar-refractivity contribution in [3.05, 3.63) is 127 Å². The Kier molecular flexibility index (Phi) is 4.88. The Morgan fingerprint density at radius 3 is 2.26 bits per heavy atom. The number of nitrogens with zero attached hydrogens (tertiary/aromatic N) is 4. The molecule has 0 amide bonds. The number of hydrogen-bond donors (Lipinski definition) is 0. The summed E-state index contributed by atoms with van der Waals surface area (Å²) in [6, 6.07) is 23.0. The highest BCUT2D eigenvalue weighted by Crippen LogP contribution is 2.36. The highest BCUT2D eigenvalue weighted by molar-refractivity contribution is 5.67. The molecule has 0 aliphatic carbocycles. The third-order valence-corrected chi connectivity index (χ3v) is 5.22. The van der Waals surface area contributed by atoms with Gasteiger partial charge in [-0.2, -0.15) is 5.10 Å². The Morgan fingerprint density at radius 1 is 0.839 bits per heavy atom. The lowest BCUT2D eigenvalue weighted by Crippen LogP contribution is -2.12. The third kappa shape index (κ3) is 3.53. The quantitative estimate of drug-likeness (QED) is 0.374. The lowest BCUT2D eigenvalue weighted by molar-refractivity contribution is 0.574. The number of aromatic nitrogens is 4. The van der Waals surface area contributed by atoms with Gasteiger partial charge in [-0.05, 0) is 17.7 Å². The van der Waals surface area contributed by atoms with E-state index in [0.29, 0.717) is 0 Å². The Balaban J connectivity index is 1.78. The van der Waals surface area contributed by atoms with Crippen molar-refractivity contribution >= 4 is 0 Å². The first kappa shape index (κ1) is 18.9. The Morgan fingerprint density at radius 2 is 1.58 bits per heavy atom. The van der Waals surface area contributed by atoms with E-state index in [0.717, 1.165) is 28.5 Å². The van der Waals surface area contributed by atoms with E-state index in [4.69, 9.17) is 0 Å². The van der Waals surface area contributed by atoms with Gasteiger partial charge in [0.1, 0.15) is 11.5 Å². The van der Waals surface area contributed by atoms with Crippen LogP contribution in [0.3, 0.4) is 0 Å². The van der Waals surface area contributed by atoms with Crippen molar-refractivity contribution in [1.29, 1.82) is 0 Å². The van der Waals surface area contributed by atoms with Gasteiger partial charge in [-0.15, -0.1) is 0 Å². The zero-order chi connectivity index (χ0) is 21.2. The minimum atomic E-state index is -0.675. The van der Waals surface area contributed by atoms with E-state index < -0.39 is 11.6 Å². The standard InChI is InChI=1S/C25H18F2N4/c26-20-11-12-23(22(27)15-20)31-25(19-9-5-2-6-10-19)21(16-29-31)24(30-14-13-28-17-30)18-7-3-1-4-8-18/h1-17,24H. The molecule has 0 fully saturated rings. The van der Waals surface area contributed by atoms with Crippen molar-refractivity contribution in [2.75, 3.05) is 0 Å². The molecule has 6 heteroatoms. The minimum Gasteiger partial charge on any atom is -0.326 e. The van der Waals surface area contributed by atoms with Crippen LogP contribution in [0.2, 0.25) is 0 Å². The highest BCUT2D eigenvalue weighted by atomic mass is 19.1. The van der Waals surface area contributed by atoms with Gasteiger partial charge in [0.25, 0.3) is 0 Å². The molecule has 0 radical (unpaired) electrons. The largest absolute Gasteiger partial charge is 0.326 e. The van der Waals surface area contributed by atoms with Gasteiger partial charge in [0.2, 0.25) is 0 Å². The molecule has 5 aromatic rings. The van der Waals surface area contributed by atoms with Crippen LogP contribution >= 0.6 is 0 Å². The number of hydrogen-bond acceptors (Lipinski definition) is 2. The molecule has 0 aliphatic rings.